The summed E-state index contributed by atoms with van der Waals surface area (Å²) in [6, 6.07) is 3.12. The molecule has 0 unspecified atom stereocenters. The van der Waals surface area contributed by atoms with Crippen molar-refractivity contribution in [2.75, 3.05) is 20.8 Å². The number of hydrogen-bond acceptors (Lipinski definition) is 8. The Morgan fingerprint density at radius 2 is 1.85 bits per heavy atom. The van der Waals surface area contributed by atoms with E-state index in [-0.39, 0.29) is 26.5 Å². The number of amides is 1. The molecule has 0 saturated carbocycles. The van der Waals surface area contributed by atoms with Crippen molar-refractivity contribution >= 4 is 52.2 Å². The van der Waals surface area contributed by atoms with Crippen LogP contribution in [-0.4, -0.2) is 52.9 Å². The fraction of sp³-hybridized carbons (Fsp3) is 0.250. The number of nitrogens with zero attached hydrogens (tertiary/aromatic N) is 1. The highest BCUT2D eigenvalue weighted by Crippen LogP contribution is 2.40. The summed E-state index contributed by atoms with van der Waals surface area (Å²) >= 11 is 6.05. The number of aliphatic carboxylic acids is 1. The van der Waals surface area contributed by atoms with Gasteiger partial charge < -0.3 is 19.3 Å². The van der Waals surface area contributed by atoms with Gasteiger partial charge in [-0.1, -0.05) is 24.0 Å². The van der Waals surface area contributed by atoms with E-state index >= 15 is 0 Å². The first-order chi connectivity index (χ1) is 12.3. The van der Waals surface area contributed by atoms with Gasteiger partial charge in [0.05, 0.1) is 19.1 Å². The van der Waals surface area contributed by atoms with Crippen LogP contribution in [0.1, 0.15) is 12.5 Å². The number of carbonyl (C=O) groups excluding carboxylic acids is 2. The maximum atomic E-state index is 12.3. The molecule has 1 aliphatic rings. The van der Waals surface area contributed by atoms with Crippen LogP contribution in [0.15, 0.2) is 17.0 Å². The van der Waals surface area contributed by atoms with E-state index < -0.39 is 24.4 Å². The molecule has 1 aliphatic heterocycles. The third-order valence-corrected chi connectivity index (χ3v) is 4.57. The summed E-state index contributed by atoms with van der Waals surface area (Å²) in [4.78, 5) is 35.7. The van der Waals surface area contributed by atoms with Gasteiger partial charge in [-0.25, -0.2) is 0 Å². The molecule has 2 rings (SSSR count). The van der Waals surface area contributed by atoms with Crippen LogP contribution in [0, 0.1) is 0 Å². The molecular weight excluding hydrogens is 382 g/mol. The van der Waals surface area contributed by atoms with Crippen LogP contribution in [0.2, 0.25) is 0 Å². The van der Waals surface area contributed by atoms with Gasteiger partial charge in [-0.15, -0.1) is 0 Å². The Kier molecular flexibility index (Phi) is 6.22. The Morgan fingerprint density at radius 3 is 2.31 bits per heavy atom. The van der Waals surface area contributed by atoms with Crippen molar-refractivity contribution in [3.05, 3.63) is 22.6 Å². The molecule has 1 heterocycles. The first-order valence-corrected chi connectivity index (χ1v) is 8.41. The summed E-state index contributed by atoms with van der Waals surface area (Å²) in [5.41, 5.74) is 0.533. The van der Waals surface area contributed by atoms with Gasteiger partial charge in [-0.3, -0.25) is 19.3 Å². The van der Waals surface area contributed by atoms with E-state index in [0.717, 1.165) is 16.7 Å². The Hall–Kier alpha value is -2.59. The van der Waals surface area contributed by atoms with E-state index in [1.165, 1.54) is 27.2 Å². The summed E-state index contributed by atoms with van der Waals surface area (Å²) in [6.07, 6.45) is 1.53. The van der Waals surface area contributed by atoms with E-state index in [1.54, 1.807) is 12.1 Å². The summed E-state index contributed by atoms with van der Waals surface area (Å²) < 4.78 is 15.7. The highest BCUT2D eigenvalue weighted by molar-refractivity contribution is 8.26. The first kappa shape index (κ1) is 19.7. The van der Waals surface area contributed by atoms with Crippen LogP contribution in [0.25, 0.3) is 6.08 Å². The molecule has 26 heavy (non-hydrogen) atoms. The zero-order valence-electron chi connectivity index (χ0n) is 14.1. The number of methoxy groups -OCH3 is 2. The van der Waals surface area contributed by atoms with Gasteiger partial charge in [0.2, 0.25) is 5.75 Å². The second kappa shape index (κ2) is 8.19. The second-order valence-corrected chi connectivity index (χ2v) is 6.69. The molecule has 1 amide bonds. The van der Waals surface area contributed by atoms with Crippen molar-refractivity contribution in [1.29, 1.82) is 0 Å². The molecular formula is C16H15NO7S2. The van der Waals surface area contributed by atoms with Crippen molar-refractivity contribution in [3.8, 4) is 17.2 Å². The molecule has 0 radical (unpaired) electrons. The van der Waals surface area contributed by atoms with Gasteiger partial charge in [-0.2, -0.15) is 0 Å². The Bertz CT molecular complexity index is 794. The van der Waals surface area contributed by atoms with Crippen LogP contribution in [-0.2, 0) is 14.4 Å². The summed E-state index contributed by atoms with van der Waals surface area (Å²) in [7, 11) is 2.80. The van der Waals surface area contributed by atoms with E-state index in [9.17, 15) is 14.4 Å². The van der Waals surface area contributed by atoms with Crippen molar-refractivity contribution in [2.45, 2.75) is 6.92 Å². The first-order valence-electron chi connectivity index (χ1n) is 7.18. The fourth-order valence-electron chi connectivity index (χ4n) is 2.15. The van der Waals surface area contributed by atoms with E-state index in [2.05, 4.69) is 0 Å². The average Bonchev–Trinajstić information content (AvgIpc) is 2.82. The number of hydrogen-bond donors (Lipinski definition) is 1. The monoisotopic (exact) mass is 397 g/mol. The van der Waals surface area contributed by atoms with E-state index in [1.807, 2.05) is 0 Å². The number of thioether (sulfide) groups is 1. The van der Waals surface area contributed by atoms with Crippen LogP contribution in [0.5, 0.6) is 17.2 Å². The smallest absolute Gasteiger partial charge is 0.323 e. The summed E-state index contributed by atoms with van der Waals surface area (Å²) in [5.74, 6) is -1.58. The summed E-state index contributed by atoms with van der Waals surface area (Å²) in [5, 5.41) is 8.87. The number of rotatable bonds is 6. The standard InChI is InChI=1S/C16H15NO7S2/c1-8(18)24-14-10(22-2)4-9(5-11(14)23-3)6-12-15(21)17(7-13(19)20)16(25)26-12/h4-6H,7H2,1-3H3,(H,19,20)/b12-6+. The Balaban J connectivity index is 2.41. The quantitative estimate of drug-likeness (QED) is 0.334. The molecule has 0 aliphatic carbocycles. The zero-order chi connectivity index (χ0) is 19.4. The second-order valence-electron chi connectivity index (χ2n) is 5.01. The SMILES string of the molecule is COc1cc(/C=C2/SC(=S)N(CC(=O)O)C2=O)cc(OC)c1OC(C)=O. The number of carboxylic acids is 1. The zero-order valence-corrected chi connectivity index (χ0v) is 15.7. The minimum absolute atomic E-state index is 0.123. The molecule has 0 atom stereocenters. The number of carboxylic acid groups (broad SMARTS) is 1. The molecule has 1 aromatic rings. The maximum Gasteiger partial charge on any atom is 0.323 e. The molecule has 0 bridgehead atoms. The minimum Gasteiger partial charge on any atom is -0.493 e. The number of benzene rings is 1. The van der Waals surface area contributed by atoms with Crippen LogP contribution in [0.3, 0.4) is 0 Å². The van der Waals surface area contributed by atoms with Gasteiger partial charge in [0.1, 0.15) is 10.9 Å². The predicted molar refractivity (Wildman–Crippen MR) is 98.4 cm³/mol. The highest BCUT2D eigenvalue weighted by Gasteiger charge is 2.33. The third kappa shape index (κ3) is 4.33. The lowest BCUT2D eigenvalue weighted by Gasteiger charge is -2.13. The lowest BCUT2D eigenvalue weighted by Crippen LogP contribution is -2.33. The molecule has 138 valence electrons. The van der Waals surface area contributed by atoms with Crippen LogP contribution in [0.4, 0.5) is 0 Å². The largest absolute Gasteiger partial charge is 0.493 e. The number of esters is 1. The molecule has 10 heteroatoms. The molecule has 0 aromatic heterocycles. The predicted octanol–water partition coefficient (Wildman–Crippen LogP) is 1.91. The lowest BCUT2D eigenvalue weighted by molar-refractivity contribution is -0.140. The average molecular weight is 397 g/mol. The van der Waals surface area contributed by atoms with Crippen molar-refractivity contribution in [3.63, 3.8) is 0 Å². The van der Waals surface area contributed by atoms with Gasteiger partial charge in [0.25, 0.3) is 5.91 Å². The van der Waals surface area contributed by atoms with Crippen molar-refractivity contribution in [2.24, 2.45) is 0 Å². The molecule has 8 nitrogen and oxygen atoms in total. The Morgan fingerprint density at radius 1 is 1.27 bits per heavy atom. The maximum absolute atomic E-state index is 12.3. The fourth-order valence-corrected chi connectivity index (χ4v) is 3.41. The van der Waals surface area contributed by atoms with E-state index in [0.29, 0.717) is 5.56 Å². The minimum atomic E-state index is -1.16. The normalized spacial score (nSPS) is 15.3. The lowest BCUT2D eigenvalue weighted by atomic mass is 10.1. The molecule has 1 N–H and O–H groups in total. The third-order valence-electron chi connectivity index (χ3n) is 3.19. The Labute approximate surface area is 158 Å². The van der Waals surface area contributed by atoms with Gasteiger partial charge >= 0.3 is 11.9 Å². The number of thiocarbonyl (C=S) groups is 1. The van der Waals surface area contributed by atoms with Gasteiger partial charge in [-0.05, 0) is 23.8 Å². The van der Waals surface area contributed by atoms with Gasteiger partial charge in [0.15, 0.2) is 11.5 Å². The van der Waals surface area contributed by atoms with Crippen LogP contribution < -0.4 is 14.2 Å². The summed E-state index contributed by atoms with van der Waals surface area (Å²) in [6.45, 7) is 0.751. The molecule has 0 spiro atoms. The van der Waals surface area contributed by atoms with E-state index in [4.69, 9.17) is 31.5 Å². The van der Waals surface area contributed by atoms with Crippen molar-refractivity contribution in [1.82, 2.24) is 4.90 Å². The number of ether oxygens (including phenoxy) is 3. The topological polar surface area (TPSA) is 102 Å². The van der Waals surface area contributed by atoms with Crippen LogP contribution >= 0.6 is 24.0 Å². The van der Waals surface area contributed by atoms with Gasteiger partial charge in [0, 0.05) is 6.92 Å². The number of carbonyl (C=O) groups is 3. The molecule has 1 saturated heterocycles. The van der Waals surface area contributed by atoms with Crippen molar-refractivity contribution < 1.29 is 33.7 Å². The highest BCUT2D eigenvalue weighted by atomic mass is 32.2. The molecule has 1 aromatic carbocycles. The molecule has 1 fully saturated rings.